The van der Waals surface area contributed by atoms with E-state index in [1.807, 2.05) is 18.2 Å². The first kappa shape index (κ1) is 11.1. The van der Waals surface area contributed by atoms with Gasteiger partial charge in [-0.1, -0.05) is 6.08 Å². The second-order valence-electron chi connectivity index (χ2n) is 3.60. The molecule has 0 saturated heterocycles. The summed E-state index contributed by atoms with van der Waals surface area (Å²) in [7, 11) is 0. The molecule has 1 amide bonds. The molecule has 86 valence electrons. The Labute approximate surface area is 99.5 Å². The van der Waals surface area contributed by atoms with Crippen LogP contribution < -0.4 is 11.1 Å². The van der Waals surface area contributed by atoms with Crippen molar-refractivity contribution < 1.29 is 4.79 Å². The summed E-state index contributed by atoms with van der Waals surface area (Å²) in [5.74, 6) is 0.370. The Hall–Kier alpha value is -2.36. The number of hydrogen-bond acceptors (Lipinski definition) is 3. The van der Waals surface area contributed by atoms with Crippen LogP contribution in [-0.4, -0.2) is 12.1 Å². The standard InChI is InChI=1S/C13H13N3O/c14-13(17)10-5-7-11(8-6-10)16-12-4-2-1-3-9-15-12/h1,3-9,16H,2H2,(H2,14,17). The Balaban J connectivity index is 2.09. The van der Waals surface area contributed by atoms with Crippen LogP contribution in [0.2, 0.25) is 0 Å². The first-order valence-electron chi connectivity index (χ1n) is 5.32. The number of nitrogens with one attached hydrogen (secondary N) is 1. The van der Waals surface area contributed by atoms with Crippen LogP contribution in [-0.2, 0) is 0 Å². The molecule has 1 aliphatic heterocycles. The molecule has 4 nitrogen and oxygen atoms in total. The van der Waals surface area contributed by atoms with Crippen molar-refractivity contribution in [2.45, 2.75) is 6.42 Å². The highest BCUT2D eigenvalue weighted by Crippen LogP contribution is 2.13. The first-order valence-corrected chi connectivity index (χ1v) is 5.32. The van der Waals surface area contributed by atoms with Gasteiger partial charge in [-0.05, 0) is 42.8 Å². The number of carbonyl (C=O) groups excluding carboxylic acids is 1. The van der Waals surface area contributed by atoms with Crippen LogP contribution >= 0.6 is 0 Å². The lowest BCUT2D eigenvalue weighted by atomic mass is 10.2. The van der Waals surface area contributed by atoms with E-state index in [-0.39, 0.29) is 0 Å². The highest BCUT2D eigenvalue weighted by molar-refractivity contribution is 5.93. The maximum Gasteiger partial charge on any atom is 0.248 e. The molecule has 1 aromatic carbocycles. The van der Waals surface area contributed by atoms with E-state index in [2.05, 4.69) is 10.3 Å². The van der Waals surface area contributed by atoms with Gasteiger partial charge in [0.25, 0.3) is 0 Å². The molecule has 0 atom stereocenters. The molecule has 2 rings (SSSR count). The molecule has 0 fully saturated rings. The molecule has 0 spiro atoms. The molecule has 17 heavy (non-hydrogen) atoms. The van der Waals surface area contributed by atoms with Crippen molar-refractivity contribution >= 4 is 17.8 Å². The fourth-order valence-corrected chi connectivity index (χ4v) is 1.44. The number of benzene rings is 1. The van der Waals surface area contributed by atoms with E-state index in [9.17, 15) is 4.79 Å². The molecular formula is C13H13N3O. The molecule has 3 N–H and O–H groups in total. The molecule has 0 bridgehead atoms. The van der Waals surface area contributed by atoms with Crippen molar-refractivity contribution in [2.24, 2.45) is 10.7 Å². The van der Waals surface area contributed by atoms with Crippen molar-refractivity contribution in [1.82, 2.24) is 0 Å². The summed E-state index contributed by atoms with van der Waals surface area (Å²) >= 11 is 0. The summed E-state index contributed by atoms with van der Waals surface area (Å²) in [5.41, 5.74) is 6.54. The zero-order valence-electron chi connectivity index (χ0n) is 9.26. The van der Waals surface area contributed by atoms with E-state index in [0.29, 0.717) is 5.56 Å². The summed E-state index contributed by atoms with van der Waals surface area (Å²) in [6.07, 6.45) is 8.50. The average molecular weight is 227 g/mol. The van der Waals surface area contributed by atoms with Crippen LogP contribution in [0.3, 0.4) is 0 Å². The van der Waals surface area contributed by atoms with E-state index < -0.39 is 5.91 Å². The Morgan fingerprint density at radius 1 is 1.29 bits per heavy atom. The predicted molar refractivity (Wildman–Crippen MR) is 68.9 cm³/mol. The first-order chi connectivity index (χ1) is 8.25. The third kappa shape index (κ3) is 3.04. The third-order valence-corrected chi connectivity index (χ3v) is 2.32. The zero-order chi connectivity index (χ0) is 12.1. The molecule has 0 saturated carbocycles. The van der Waals surface area contributed by atoms with E-state index in [4.69, 9.17) is 5.73 Å². The number of primary amides is 1. The van der Waals surface area contributed by atoms with Crippen molar-refractivity contribution in [3.63, 3.8) is 0 Å². The van der Waals surface area contributed by atoms with Gasteiger partial charge >= 0.3 is 0 Å². The number of hydrogen-bond donors (Lipinski definition) is 2. The highest BCUT2D eigenvalue weighted by atomic mass is 16.1. The number of anilines is 1. The lowest BCUT2D eigenvalue weighted by molar-refractivity contribution is 0.100. The smallest absolute Gasteiger partial charge is 0.248 e. The molecule has 0 radical (unpaired) electrons. The number of nitrogens with zero attached hydrogens (tertiary/aromatic N) is 1. The topological polar surface area (TPSA) is 67.5 Å². The number of allylic oxidation sites excluding steroid dienone is 3. The normalized spacial score (nSPS) is 14.0. The van der Waals surface area contributed by atoms with E-state index in [1.54, 1.807) is 30.5 Å². The Morgan fingerprint density at radius 3 is 2.76 bits per heavy atom. The van der Waals surface area contributed by atoms with Crippen LogP contribution in [0.4, 0.5) is 5.69 Å². The lowest BCUT2D eigenvalue weighted by Crippen LogP contribution is -2.10. The van der Waals surface area contributed by atoms with Gasteiger partial charge in [-0.3, -0.25) is 4.79 Å². The zero-order valence-corrected chi connectivity index (χ0v) is 9.26. The SMILES string of the molecule is NC(=O)c1ccc(NC2=CCC=CC=N2)cc1. The van der Waals surface area contributed by atoms with Gasteiger partial charge in [0.05, 0.1) is 0 Å². The van der Waals surface area contributed by atoms with Gasteiger partial charge in [0, 0.05) is 17.5 Å². The monoisotopic (exact) mass is 227 g/mol. The molecule has 0 aromatic heterocycles. The van der Waals surface area contributed by atoms with Crippen LogP contribution in [0, 0.1) is 0 Å². The van der Waals surface area contributed by atoms with Crippen LogP contribution in [0.5, 0.6) is 0 Å². The largest absolute Gasteiger partial charge is 0.366 e. The fraction of sp³-hybridized carbons (Fsp3) is 0.0769. The molecule has 1 heterocycles. The van der Waals surface area contributed by atoms with Gasteiger partial charge < -0.3 is 11.1 Å². The summed E-state index contributed by atoms with van der Waals surface area (Å²) in [4.78, 5) is 15.1. The van der Waals surface area contributed by atoms with Crippen LogP contribution in [0.25, 0.3) is 0 Å². The number of aliphatic imine (C=N–C) groups is 1. The number of carbonyl (C=O) groups is 1. The Kier molecular flexibility index (Phi) is 3.35. The van der Waals surface area contributed by atoms with Gasteiger partial charge in [0.2, 0.25) is 5.91 Å². The van der Waals surface area contributed by atoms with Gasteiger partial charge in [0.1, 0.15) is 5.82 Å². The maximum atomic E-state index is 10.9. The minimum Gasteiger partial charge on any atom is -0.366 e. The summed E-state index contributed by atoms with van der Waals surface area (Å²) < 4.78 is 0. The van der Waals surface area contributed by atoms with Crippen molar-refractivity contribution in [2.75, 3.05) is 5.32 Å². The maximum absolute atomic E-state index is 10.9. The minimum atomic E-state index is -0.424. The quantitative estimate of drug-likeness (QED) is 0.830. The summed E-state index contributed by atoms with van der Waals surface area (Å²) in [5, 5.41) is 3.16. The fourth-order valence-electron chi connectivity index (χ4n) is 1.44. The molecular weight excluding hydrogens is 214 g/mol. The van der Waals surface area contributed by atoms with Crippen molar-refractivity contribution in [1.29, 1.82) is 0 Å². The number of amides is 1. The third-order valence-electron chi connectivity index (χ3n) is 2.32. The van der Waals surface area contributed by atoms with Gasteiger partial charge in [-0.2, -0.15) is 0 Å². The van der Waals surface area contributed by atoms with Gasteiger partial charge in [-0.15, -0.1) is 0 Å². The lowest BCUT2D eigenvalue weighted by Gasteiger charge is -2.06. The highest BCUT2D eigenvalue weighted by Gasteiger charge is 2.00. The van der Waals surface area contributed by atoms with E-state index in [1.165, 1.54) is 0 Å². The van der Waals surface area contributed by atoms with Crippen LogP contribution in [0.1, 0.15) is 16.8 Å². The summed E-state index contributed by atoms with van der Waals surface area (Å²) in [6.45, 7) is 0. The number of rotatable bonds is 3. The second-order valence-corrected chi connectivity index (χ2v) is 3.60. The predicted octanol–water partition coefficient (Wildman–Crippen LogP) is 2.07. The molecule has 0 aliphatic carbocycles. The summed E-state index contributed by atoms with van der Waals surface area (Å²) in [6, 6.07) is 6.97. The van der Waals surface area contributed by atoms with Crippen molar-refractivity contribution in [3.05, 3.63) is 53.9 Å². The van der Waals surface area contributed by atoms with E-state index >= 15 is 0 Å². The molecule has 1 aromatic rings. The van der Waals surface area contributed by atoms with Crippen molar-refractivity contribution in [3.8, 4) is 0 Å². The number of nitrogens with two attached hydrogens (primary N) is 1. The minimum absolute atomic E-state index is 0.424. The molecule has 1 aliphatic rings. The van der Waals surface area contributed by atoms with E-state index in [0.717, 1.165) is 17.9 Å². The Bertz CT molecular complexity index is 498. The molecule has 4 heteroatoms. The van der Waals surface area contributed by atoms with Gasteiger partial charge in [-0.25, -0.2) is 4.99 Å². The van der Waals surface area contributed by atoms with Gasteiger partial charge in [0.15, 0.2) is 0 Å². The van der Waals surface area contributed by atoms with Crippen LogP contribution in [0.15, 0.2) is 53.3 Å². The average Bonchev–Trinajstić information content (AvgIpc) is 2.58. The molecule has 0 unspecified atom stereocenters. The Morgan fingerprint density at radius 2 is 2.06 bits per heavy atom. The second kappa shape index (κ2) is 5.12.